The number of rotatable bonds is 2. The van der Waals surface area contributed by atoms with Gasteiger partial charge in [-0.15, -0.1) is 0 Å². The van der Waals surface area contributed by atoms with Gasteiger partial charge < -0.3 is 19.8 Å². The highest BCUT2D eigenvalue weighted by Crippen LogP contribution is 2.39. The first-order chi connectivity index (χ1) is 10.8. The van der Waals surface area contributed by atoms with Crippen molar-refractivity contribution < 1.29 is 14.6 Å². The summed E-state index contributed by atoms with van der Waals surface area (Å²) in [5, 5.41) is 15.5. The van der Waals surface area contributed by atoms with Gasteiger partial charge >= 0.3 is 0 Å². The van der Waals surface area contributed by atoms with Gasteiger partial charge in [-0.1, -0.05) is 0 Å². The number of carbonyl (C=O) groups is 1. The molecule has 1 aromatic rings. The molecule has 0 aliphatic carbocycles. The Labute approximate surface area is 135 Å². The molecule has 3 heterocycles. The molecular weight excluding hydrogens is 298 g/mol. The Morgan fingerprint density at radius 1 is 1.30 bits per heavy atom. The second-order valence-electron chi connectivity index (χ2n) is 7.20. The highest BCUT2D eigenvalue weighted by Gasteiger charge is 2.44. The van der Waals surface area contributed by atoms with Crippen LogP contribution in [0.5, 0.6) is 0 Å². The summed E-state index contributed by atoms with van der Waals surface area (Å²) < 4.78 is 5.96. The third-order valence-corrected chi connectivity index (χ3v) is 5.20. The number of nitrogens with one attached hydrogen (secondary N) is 2. The number of hydrogen-bond donors (Lipinski definition) is 3. The molecule has 1 aromatic heterocycles. The summed E-state index contributed by atoms with van der Waals surface area (Å²) in [6, 6.07) is 0. The lowest BCUT2D eigenvalue weighted by molar-refractivity contribution is -0.175. The van der Waals surface area contributed by atoms with Gasteiger partial charge in [0.05, 0.1) is 24.2 Å². The number of piperidine rings is 1. The molecule has 0 radical (unpaired) electrons. The minimum atomic E-state index is -0.681. The molecule has 1 spiro atoms. The van der Waals surface area contributed by atoms with Crippen LogP contribution in [0.2, 0.25) is 0 Å². The number of hydrogen-bond acceptors (Lipinski definition) is 4. The van der Waals surface area contributed by atoms with Crippen LogP contribution in [0.15, 0.2) is 4.79 Å². The molecule has 0 bridgehead atoms. The molecule has 0 saturated carbocycles. The molecular formula is C16H25N3O4. The lowest BCUT2D eigenvalue weighted by Gasteiger charge is -2.48. The second-order valence-corrected chi connectivity index (χ2v) is 7.20. The number of amides is 1. The average Bonchev–Trinajstić information content (AvgIpc) is 2.78. The predicted molar refractivity (Wildman–Crippen MR) is 84.2 cm³/mol. The molecule has 3 rings (SSSR count). The first-order valence-electron chi connectivity index (χ1n) is 8.21. The van der Waals surface area contributed by atoms with Crippen LogP contribution in [0.3, 0.4) is 0 Å². The van der Waals surface area contributed by atoms with E-state index in [0.29, 0.717) is 43.8 Å². The SMILES string of the molecule is Cc1[nH][nH]c(=O)c1CC(=O)N1CCC2(CC1)CC(C)(O)CCO2. The highest BCUT2D eigenvalue weighted by molar-refractivity contribution is 5.79. The molecule has 7 nitrogen and oxygen atoms in total. The first kappa shape index (κ1) is 16.3. The Balaban J connectivity index is 1.60. The zero-order valence-corrected chi connectivity index (χ0v) is 13.8. The maximum atomic E-state index is 12.4. The topological polar surface area (TPSA) is 98.4 Å². The van der Waals surface area contributed by atoms with E-state index in [0.717, 1.165) is 12.8 Å². The third-order valence-electron chi connectivity index (χ3n) is 5.20. The van der Waals surface area contributed by atoms with Gasteiger partial charge in [0.1, 0.15) is 0 Å². The van der Waals surface area contributed by atoms with Gasteiger partial charge in [-0.05, 0) is 33.1 Å². The van der Waals surface area contributed by atoms with Gasteiger partial charge in [0, 0.05) is 30.8 Å². The van der Waals surface area contributed by atoms with Crippen molar-refractivity contribution in [2.45, 2.75) is 57.2 Å². The Kier molecular flexibility index (Phi) is 4.10. The Morgan fingerprint density at radius 2 is 2.00 bits per heavy atom. The Morgan fingerprint density at radius 3 is 2.57 bits per heavy atom. The minimum absolute atomic E-state index is 0.0318. The summed E-state index contributed by atoms with van der Waals surface area (Å²) in [6.45, 7) is 5.42. The maximum absolute atomic E-state index is 12.4. The fourth-order valence-electron chi connectivity index (χ4n) is 3.75. The van der Waals surface area contributed by atoms with Gasteiger partial charge in [0.2, 0.25) is 5.91 Å². The van der Waals surface area contributed by atoms with Crippen LogP contribution in [-0.4, -0.2) is 57.0 Å². The molecule has 23 heavy (non-hydrogen) atoms. The van der Waals surface area contributed by atoms with Crippen LogP contribution in [0.25, 0.3) is 0 Å². The average molecular weight is 323 g/mol. The summed E-state index contributed by atoms with van der Waals surface area (Å²) >= 11 is 0. The van der Waals surface area contributed by atoms with Gasteiger partial charge in [-0.25, -0.2) is 0 Å². The van der Waals surface area contributed by atoms with E-state index in [4.69, 9.17) is 4.74 Å². The Bertz CT molecular complexity index is 638. The maximum Gasteiger partial charge on any atom is 0.267 e. The number of aromatic amines is 2. The number of carbonyl (C=O) groups excluding carboxylic acids is 1. The van der Waals surface area contributed by atoms with Crippen LogP contribution >= 0.6 is 0 Å². The number of nitrogens with zero attached hydrogens (tertiary/aromatic N) is 1. The van der Waals surface area contributed by atoms with Crippen molar-refractivity contribution in [2.24, 2.45) is 0 Å². The number of H-pyrrole nitrogens is 2. The summed E-state index contributed by atoms with van der Waals surface area (Å²) in [4.78, 5) is 25.9. The van der Waals surface area contributed by atoms with E-state index < -0.39 is 5.60 Å². The van der Waals surface area contributed by atoms with Crippen LogP contribution in [0.4, 0.5) is 0 Å². The van der Waals surface area contributed by atoms with E-state index in [1.54, 1.807) is 11.8 Å². The normalized spacial score (nSPS) is 27.3. The fraction of sp³-hybridized carbons (Fsp3) is 0.750. The molecule has 2 saturated heterocycles. The van der Waals surface area contributed by atoms with Gasteiger partial charge in [-0.2, -0.15) is 0 Å². The second kappa shape index (κ2) is 5.79. The first-order valence-corrected chi connectivity index (χ1v) is 8.21. The summed E-state index contributed by atoms with van der Waals surface area (Å²) in [5.41, 5.74) is 0.00609. The number of likely N-dealkylation sites (tertiary alicyclic amines) is 1. The van der Waals surface area contributed by atoms with Crippen molar-refractivity contribution in [1.82, 2.24) is 15.1 Å². The quantitative estimate of drug-likeness (QED) is 0.737. The zero-order chi connectivity index (χ0) is 16.7. The number of aryl methyl sites for hydroxylation is 1. The van der Waals surface area contributed by atoms with Crippen LogP contribution in [-0.2, 0) is 16.0 Å². The standard InChI is InChI=1S/C16H25N3O4/c1-11-12(14(21)18-17-11)9-13(20)19-6-3-16(4-7-19)10-15(2,22)5-8-23-16/h22H,3-10H2,1-2H3,(H2,17,18,21). The van der Waals surface area contributed by atoms with Crippen LogP contribution in [0, 0.1) is 6.92 Å². The number of ether oxygens (including phenoxy) is 1. The lowest BCUT2D eigenvalue weighted by atomic mass is 9.78. The molecule has 1 atom stereocenters. The molecule has 2 aliphatic heterocycles. The molecule has 0 aromatic carbocycles. The van der Waals surface area contributed by atoms with Crippen molar-refractivity contribution in [2.75, 3.05) is 19.7 Å². The van der Waals surface area contributed by atoms with Crippen molar-refractivity contribution in [3.63, 3.8) is 0 Å². The summed E-state index contributed by atoms with van der Waals surface area (Å²) in [7, 11) is 0. The van der Waals surface area contributed by atoms with Crippen molar-refractivity contribution in [3.8, 4) is 0 Å². The van der Waals surface area contributed by atoms with E-state index in [1.165, 1.54) is 0 Å². The molecule has 2 fully saturated rings. The van der Waals surface area contributed by atoms with E-state index in [-0.39, 0.29) is 23.5 Å². The lowest BCUT2D eigenvalue weighted by Crippen LogP contribution is -2.54. The molecule has 2 aliphatic rings. The smallest absolute Gasteiger partial charge is 0.267 e. The number of aliphatic hydroxyl groups is 1. The zero-order valence-electron chi connectivity index (χ0n) is 13.8. The van der Waals surface area contributed by atoms with Gasteiger partial charge in [0.15, 0.2) is 0 Å². The fourth-order valence-corrected chi connectivity index (χ4v) is 3.75. The van der Waals surface area contributed by atoms with Crippen LogP contribution < -0.4 is 5.56 Å². The van der Waals surface area contributed by atoms with E-state index >= 15 is 0 Å². The molecule has 128 valence electrons. The predicted octanol–water partition coefficient (Wildman–Crippen LogP) is 0.477. The molecule has 1 unspecified atom stereocenters. The van der Waals surface area contributed by atoms with Crippen molar-refractivity contribution in [1.29, 1.82) is 0 Å². The van der Waals surface area contributed by atoms with E-state index in [2.05, 4.69) is 10.2 Å². The van der Waals surface area contributed by atoms with Crippen molar-refractivity contribution >= 4 is 5.91 Å². The van der Waals surface area contributed by atoms with E-state index in [9.17, 15) is 14.7 Å². The molecule has 3 N–H and O–H groups in total. The van der Waals surface area contributed by atoms with Gasteiger partial charge in [-0.3, -0.25) is 14.7 Å². The molecule has 1 amide bonds. The van der Waals surface area contributed by atoms with Gasteiger partial charge in [0.25, 0.3) is 5.56 Å². The van der Waals surface area contributed by atoms with Crippen LogP contribution in [0.1, 0.15) is 43.9 Å². The van der Waals surface area contributed by atoms with E-state index in [1.807, 2.05) is 6.92 Å². The Hall–Kier alpha value is -1.60. The summed E-state index contributed by atoms with van der Waals surface area (Å²) in [5.74, 6) is -0.0318. The largest absolute Gasteiger partial charge is 0.390 e. The number of aromatic nitrogens is 2. The monoisotopic (exact) mass is 323 g/mol. The molecule has 7 heteroatoms. The highest BCUT2D eigenvalue weighted by atomic mass is 16.5. The minimum Gasteiger partial charge on any atom is -0.390 e. The summed E-state index contributed by atoms with van der Waals surface area (Å²) in [6.07, 6.45) is 2.87. The van der Waals surface area contributed by atoms with Crippen molar-refractivity contribution in [3.05, 3.63) is 21.6 Å². The third kappa shape index (κ3) is 3.35.